The minimum Gasteiger partial charge on any atom is -0.456 e. The molecule has 6 aromatic carbocycles. The van der Waals surface area contributed by atoms with Gasteiger partial charge in [0.15, 0.2) is 17.5 Å². The molecule has 0 atom stereocenters. The van der Waals surface area contributed by atoms with Crippen LogP contribution in [0.25, 0.3) is 94.4 Å². The third kappa shape index (κ3) is 4.06. The minimum atomic E-state index is 0.570. The maximum absolute atomic E-state index is 6.24. The lowest BCUT2D eigenvalue weighted by Gasteiger charge is -2.15. The predicted octanol–water partition coefficient (Wildman–Crippen LogP) is 10.4. The second-order valence-electron chi connectivity index (χ2n) is 11.9. The molecule has 0 fully saturated rings. The smallest absolute Gasteiger partial charge is 0.166 e. The Balaban J connectivity index is 1.25. The molecule has 0 amide bonds. The molecule has 0 saturated carbocycles. The lowest BCUT2D eigenvalue weighted by Crippen LogP contribution is -2.03. The number of hydrogen-bond acceptors (Lipinski definition) is 5. The molecule has 0 saturated heterocycles. The summed E-state index contributed by atoms with van der Waals surface area (Å²) in [6, 6.07) is 48.0. The molecule has 6 heteroatoms. The largest absolute Gasteiger partial charge is 0.456 e. The van der Waals surface area contributed by atoms with Gasteiger partial charge in [-0.25, -0.2) is 15.0 Å². The highest BCUT2D eigenvalue weighted by molar-refractivity contribution is 6.10. The van der Waals surface area contributed by atoms with Crippen LogP contribution in [-0.4, -0.2) is 24.5 Å². The van der Waals surface area contributed by atoms with Crippen molar-refractivity contribution < 1.29 is 4.42 Å². The Morgan fingerprint density at radius 1 is 0.458 bits per heavy atom. The molecule has 0 unspecified atom stereocenters. The Kier molecular flexibility index (Phi) is 5.77. The van der Waals surface area contributed by atoms with Crippen molar-refractivity contribution in [1.29, 1.82) is 0 Å². The Bertz CT molecular complexity index is 2810. The summed E-state index contributed by atoms with van der Waals surface area (Å²) in [7, 11) is 0. The van der Waals surface area contributed by atoms with E-state index < -0.39 is 0 Å². The summed E-state index contributed by atoms with van der Waals surface area (Å²) in [5.41, 5.74) is 7.50. The van der Waals surface area contributed by atoms with Crippen molar-refractivity contribution in [3.8, 4) is 39.9 Å². The molecule has 6 nitrogen and oxygen atoms in total. The topological polar surface area (TPSA) is 69.6 Å². The number of benzene rings is 6. The molecule has 0 N–H and O–H groups in total. The van der Waals surface area contributed by atoms with Gasteiger partial charge >= 0.3 is 0 Å². The van der Waals surface area contributed by atoms with Crippen LogP contribution in [0.3, 0.4) is 0 Å². The summed E-state index contributed by atoms with van der Waals surface area (Å²) in [5.74, 6) is 1.77. The van der Waals surface area contributed by atoms with E-state index in [2.05, 4.69) is 131 Å². The maximum Gasteiger partial charge on any atom is 0.166 e. The van der Waals surface area contributed by atoms with E-state index >= 15 is 0 Å². The molecule has 224 valence electrons. The third-order valence-corrected chi connectivity index (χ3v) is 9.16. The number of hydrogen-bond donors (Lipinski definition) is 0. The molecule has 10 aromatic rings. The summed E-state index contributed by atoms with van der Waals surface area (Å²) in [4.78, 5) is 19.8. The van der Waals surface area contributed by atoms with E-state index in [1.165, 1.54) is 10.8 Å². The molecule has 0 radical (unpaired) electrons. The summed E-state index contributed by atoms with van der Waals surface area (Å²) < 4.78 is 8.55. The number of rotatable bonds is 4. The Hall–Kier alpha value is -6.66. The van der Waals surface area contributed by atoms with Crippen molar-refractivity contribution in [3.63, 3.8) is 0 Å². The van der Waals surface area contributed by atoms with Crippen LogP contribution in [0.1, 0.15) is 0 Å². The maximum atomic E-state index is 6.24. The van der Waals surface area contributed by atoms with E-state index in [0.29, 0.717) is 17.5 Å². The van der Waals surface area contributed by atoms with Crippen LogP contribution in [0.5, 0.6) is 0 Å². The average molecular weight is 616 g/mol. The van der Waals surface area contributed by atoms with Crippen LogP contribution in [0.4, 0.5) is 0 Å². The Labute approximate surface area is 274 Å². The summed E-state index contributed by atoms with van der Waals surface area (Å²) in [6.45, 7) is 0. The van der Waals surface area contributed by atoms with Crippen molar-refractivity contribution in [2.45, 2.75) is 0 Å². The third-order valence-electron chi connectivity index (χ3n) is 9.16. The number of furan rings is 1. The number of para-hydroxylation sites is 3. The van der Waals surface area contributed by atoms with Crippen LogP contribution in [-0.2, 0) is 0 Å². The molecule has 0 spiro atoms. The molecule has 0 bridgehead atoms. The second kappa shape index (κ2) is 10.4. The van der Waals surface area contributed by atoms with Gasteiger partial charge in [-0.1, -0.05) is 97.1 Å². The highest BCUT2D eigenvalue weighted by Crippen LogP contribution is 2.37. The van der Waals surface area contributed by atoms with E-state index in [1.54, 1.807) is 6.20 Å². The van der Waals surface area contributed by atoms with Gasteiger partial charge in [0.1, 0.15) is 11.2 Å². The number of fused-ring (bicyclic) bond motifs is 7. The first-order valence-electron chi connectivity index (χ1n) is 15.9. The number of pyridine rings is 1. The fraction of sp³-hybridized carbons (Fsp3) is 0. The van der Waals surface area contributed by atoms with Gasteiger partial charge in [-0.15, -0.1) is 0 Å². The average Bonchev–Trinajstić information content (AvgIpc) is 3.70. The Morgan fingerprint density at radius 3 is 1.94 bits per heavy atom. The van der Waals surface area contributed by atoms with E-state index in [0.717, 1.165) is 66.1 Å². The first-order chi connectivity index (χ1) is 23.8. The van der Waals surface area contributed by atoms with Crippen molar-refractivity contribution in [2.24, 2.45) is 0 Å². The van der Waals surface area contributed by atoms with Gasteiger partial charge in [-0.2, -0.15) is 0 Å². The van der Waals surface area contributed by atoms with Gasteiger partial charge in [-0.3, -0.25) is 4.98 Å². The molecule has 0 aliphatic carbocycles. The molecule has 4 heterocycles. The van der Waals surface area contributed by atoms with Crippen molar-refractivity contribution in [2.75, 3.05) is 0 Å². The highest BCUT2D eigenvalue weighted by atomic mass is 16.3. The van der Waals surface area contributed by atoms with Gasteiger partial charge in [0.05, 0.1) is 16.7 Å². The van der Waals surface area contributed by atoms with Crippen LogP contribution >= 0.6 is 0 Å². The first-order valence-corrected chi connectivity index (χ1v) is 15.9. The molecule has 0 aliphatic heterocycles. The normalized spacial score (nSPS) is 11.8. The van der Waals surface area contributed by atoms with Gasteiger partial charge < -0.3 is 8.98 Å². The molecule has 48 heavy (non-hydrogen) atoms. The lowest BCUT2D eigenvalue weighted by molar-refractivity contribution is 0.668. The number of nitrogens with zero attached hydrogens (tertiary/aromatic N) is 5. The van der Waals surface area contributed by atoms with Crippen LogP contribution < -0.4 is 0 Å². The molecular formula is C42H25N5O. The Morgan fingerprint density at radius 2 is 1.10 bits per heavy atom. The van der Waals surface area contributed by atoms with E-state index in [9.17, 15) is 0 Å². The second-order valence-corrected chi connectivity index (χ2v) is 11.9. The van der Waals surface area contributed by atoms with Crippen LogP contribution in [0.2, 0.25) is 0 Å². The lowest BCUT2D eigenvalue weighted by atomic mass is 10.0. The fourth-order valence-electron chi connectivity index (χ4n) is 6.97. The zero-order valence-corrected chi connectivity index (χ0v) is 25.6. The summed E-state index contributed by atoms with van der Waals surface area (Å²) in [6.07, 6.45) is 3.58. The molecule has 4 aromatic heterocycles. The summed E-state index contributed by atoms with van der Waals surface area (Å²) in [5, 5.41) is 6.59. The first kappa shape index (κ1) is 26.5. The molecule has 0 aliphatic rings. The SMILES string of the molecule is c1ccc(-n2c3ccccc3c3ccccc32)c(-c2nc(-c3ccc4c(c3)oc3ccncc34)nc(-c3cccc4ccccc34)n2)c1. The van der Waals surface area contributed by atoms with E-state index in [-0.39, 0.29) is 0 Å². The van der Waals surface area contributed by atoms with Crippen LogP contribution in [0.15, 0.2) is 156 Å². The standard InChI is InChI=1S/C42H25N5O/c1-2-12-28-26(10-1)11-9-16-32(28)41-44-40(27-20-21-31-34-25-43-23-22-38(34)48-39(31)24-27)45-42(46-41)33-15-5-8-19-37(33)47-35-17-6-3-13-29(35)30-14-4-7-18-36(30)47/h1-25H. The van der Waals surface area contributed by atoms with Gasteiger partial charge in [0.25, 0.3) is 0 Å². The predicted molar refractivity (Wildman–Crippen MR) is 193 cm³/mol. The summed E-state index contributed by atoms with van der Waals surface area (Å²) >= 11 is 0. The fourth-order valence-corrected chi connectivity index (χ4v) is 6.97. The van der Waals surface area contributed by atoms with Crippen LogP contribution in [0, 0.1) is 0 Å². The van der Waals surface area contributed by atoms with E-state index in [4.69, 9.17) is 19.4 Å². The zero-order valence-electron chi connectivity index (χ0n) is 25.6. The van der Waals surface area contributed by atoms with Gasteiger partial charge in [0, 0.05) is 50.6 Å². The number of aromatic nitrogens is 5. The van der Waals surface area contributed by atoms with Gasteiger partial charge in [0.2, 0.25) is 0 Å². The van der Waals surface area contributed by atoms with Crippen molar-refractivity contribution in [1.82, 2.24) is 24.5 Å². The van der Waals surface area contributed by atoms with Crippen molar-refractivity contribution >= 4 is 54.5 Å². The zero-order chi connectivity index (χ0) is 31.6. The molecular weight excluding hydrogens is 590 g/mol. The van der Waals surface area contributed by atoms with E-state index in [1.807, 2.05) is 24.4 Å². The van der Waals surface area contributed by atoms with Crippen molar-refractivity contribution in [3.05, 3.63) is 152 Å². The monoisotopic (exact) mass is 615 g/mol. The quantitative estimate of drug-likeness (QED) is 0.197. The molecule has 10 rings (SSSR count). The van der Waals surface area contributed by atoms with Gasteiger partial charge in [-0.05, 0) is 53.2 Å². The minimum absolute atomic E-state index is 0.570. The highest BCUT2D eigenvalue weighted by Gasteiger charge is 2.20.